The molecular formula is C26H35N5O3. The van der Waals surface area contributed by atoms with E-state index in [0.717, 1.165) is 51.7 Å². The van der Waals surface area contributed by atoms with Crippen LogP contribution in [0.1, 0.15) is 73.8 Å². The number of pyridine rings is 1. The molecule has 0 bridgehead atoms. The summed E-state index contributed by atoms with van der Waals surface area (Å²) in [5.74, 6) is 1.09. The van der Waals surface area contributed by atoms with Gasteiger partial charge >= 0.3 is 0 Å². The first-order chi connectivity index (χ1) is 16.4. The van der Waals surface area contributed by atoms with E-state index in [1.165, 1.54) is 16.7 Å². The fourth-order valence-electron chi connectivity index (χ4n) is 5.66. The molecule has 3 fully saturated rings. The average Bonchev–Trinajstić information content (AvgIpc) is 3.41. The number of hydrogen-bond acceptors (Lipinski definition) is 5. The lowest BCUT2D eigenvalue weighted by atomic mass is 9.66. The van der Waals surface area contributed by atoms with Gasteiger partial charge in [-0.1, -0.05) is 32.3 Å². The monoisotopic (exact) mass is 465 g/mol. The van der Waals surface area contributed by atoms with E-state index < -0.39 is 6.04 Å². The van der Waals surface area contributed by atoms with Crippen molar-refractivity contribution in [2.45, 2.75) is 63.8 Å². The fourth-order valence-corrected chi connectivity index (χ4v) is 5.66. The van der Waals surface area contributed by atoms with Gasteiger partial charge in [0.25, 0.3) is 5.91 Å². The number of anilines is 1. The number of carbonyl (C=O) groups is 2. The number of nitrogens with zero attached hydrogens (tertiary/aromatic N) is 3. The SMILES string of the molecule is Cn1nccc1C(=O)N[C@H](C(=O)Nc1ccc(C2CCOCC2)cn1)C(C1CCC1)C1(C)CC1. The average molecular weight is 466 g/mol. The van der Waals surface area contributed by atoms with Crippen molar-refractivity contribution in [3.8, 4) is 0 Å². The predicted octanol–water partition coefficient (Wildman–Crippen LogP) is 3.66. The van der Waals surface area contributed by atoms with Crippen LogP contribution in [-0.2, 0) is 16.6 Å². The lowest BCUT2D eigenvalue weighted by Gasteiger charge is -2.42. The number of hydrogen-bond donors (Lipinski definition) is 2. The third-order valence-electron chi connectivity index (χ3n) is 8.21. The topological polar surface area (TPSA) is 98.1 Å². The third-order valence-corrected chi connectivity index (χ3v) is 8.21. The summed E-state index contributed by atoms with van der Waals surface area (Å²) in [6, 6.07) is 4.99. The second kappa shape index (κ2) is 9.49. The number of carbonyl (C=O) groups excluding carboxylic acids is 2. The van der Waals surface area contributed by atoms with Crippen LogP contribution in [0.15, 0.2) is 30.6 Å². The Morgan fingerprint density at radius 3 is 2.47 bits per heavy atom. The normalized spacial score (nSPS) is 21.8. The quantitative estimate of drug-likeness (QED) is 0.620. The molecule has 0 aromatic carbocycles. The number of ether oxygens (including phenoxy) is 1. The minimum atomic E-state index is -0.614. The van der Waals surface area contributed by atoms with Crippen LogP contribution < -0.4 is 10.6 Å². The molecule has 0 spiro atoms. The van der Waals surface area contributed by atoms with Crippen molar-refractivity contribution in [3.05, 3.63) is 41.9 Å². The molecule has 3 heterocycles. The molecule has 2 atom stereocenters. The zero-order valence-electron chi connectivity index (χ0n) is 20.1. The molecule has 5 rings (SSSR count). The summed E-state index contributed by atoms with van der Waals surface area (Å²) in [5, 5.41) is 10.2. The van der Waals surface area contributed by atoms with Gasteiger partial charge in [0.2, 0.25) is 5.91 Å². The van der Waals surface area contributed by atoms with Crippen LogP contribution in [0.4, 0.5) is 5.82 Å². The highest BCUT2D eigenvalue weighted by molar-refractivity contribution is 6.00. The van der Waals surface area contributed by atoms with Crippen molar-refractivity contribution in [2.75, 3.05) is 18.5 Å². The standard InChI is InChI=1S/C26H35N5O3/c1-26(11-12-26)22(18-4-3-5-18)23(30-24(32)20-8-13-28-31(20)2)25(33)29-21-7-6-19(16-27-21)17-9-14-34-15-10-17/h6-8,13,16-18,22-23H,3-5,9-12,14-15H2,1-2H3,(H,30,32)(H,27,29,33)/t22?,23-/m0/s1. The van der Waals surface area contributed by atoms with Gasteiger partial charge in [0, 0.05) is 32.7 Å². The molecule has 1 saturated heterocycles. The number of aryl methyl sites for hydroxylation is 1. The van der Waals surface area contributed by atoms with Crippen molar-refractivity contribution in [2.24, 2.45) is 24.3 Å². The van der Waals surface area contributed by atoms with Crippen LogP contribution in [0.3, 0.4) is 0 Å². The van der Waals surface area contributed by atoms with E-state index in [1.807, 2.05) is 18.3 Å². The Labute approximate surface area is 200 Å². The van der Waals surface area contributed by atoms with E-state index in [0.29, 0.717) is 23.3 Å². The minimum absolute atomic E-state index is 0.0904. The van der Waals surface area contributed by atoms with Gasteiger partial charge < -0.3 is 15.4 Å². The van der Waals surface area contributed by atoms with Gasteiger partial charge in [-0.05, 0) is 66.5 Å². The van der Waals surface area contributed by atoms with Crippen LogP contribution in [0, 0.1) is 17.3 Å². The molecule has 3 aliphatic rings. The maximum Gasteiger partial charge on any atom is 0.270 e. The highest BCUT2D eigenvalue weighted by Gasteiger charge is 2.54. The number of amides is 2. The largest absolute Gasteiger partial charge is 0.381 e. The van der Waals surface area contributed by atoms with Crippen LogP contribution in [0.25, 0.3) is 0 Å². The van der Waals surface area contributed by atoms with Crippen molar-refractivity contribution in [1.82, 2.24) is 20.1 Å². The Balaban J connectivity index is 1.35. The highest BCUT2D eigenvalue weighted by Crippen LogP contribution is 2.58. The Bertz CT molecular complexity index is 1020. The summed E-state index contributed by atoms with van der Waals surface area (Å²) in [7, 11) is 1.74. The Kier molecular flexibility index (Phi) is 6.42. The minimum Gasteiger partial charge on any atom is -0.381 e. The van der Waals surface area contributed by atoms with Crippen molar-refractivity contribution in [3.63, 3.8) is 0 Å². The molecule has 0 radical (unpaired) electrons. The molecule has 8 nitrogen and oxygen atoms in total. The van der Waals surface area contributed by atoms with Crippen LogP contribution in [0.5, 0.6) is 0 Å². The van der Waals surface area contributed by atoms with Crippen LogP contribution >= 0.6 is 0 Å². The van der Waals surface area contributed by atoms with Crippen molar-refractivity contribution < 1.29 is 14.3 Å². The molecular weight excluding hydrogens is 430 g/mol. The maximum atomic E-state index is 13.6. The maximum absolute atomic E-state index is 13.6. The predicted molar refractivity (Wildman–Crippen MR) is 128 cm³/mol. The first-order valence-corrected chi connectivity index (χ1v) is 12.6. The molecule has 34 heavy (non-hydrogen) atoms. The number of aromatic nitrogens is 3. The molecule has 2 saturated carbocycles. The molecule has 2 aromatic rings. The summed E-state index contributed by atoms with van der Waals surface area (Å²) in [6.45, 7) is 3.82. The van der Waals surface area contributed by atoms with Crippen molar-refractivity contribution >= 4 is 17.6 Å². The summed E-state index contributed by atoms with van der Waals surface area (Å²) in [4.78, 5) is 31.3. The smallest absolute Gasteiger partial charge is 0.270 e. The van der Waals surface area contributed by atoms with Gasteiger partial charge in [-0.2, -0.15) is 5.10 Å². The Hall–Kier alpha value is -2.74. The zero-order valence-corrected chi connectivity index (χ0v) is 20.1. The summed E-state index contributed by atoms with van der Waals surface area (Å²) in [5.41, 5.74) is 1.72. The van der Waals surface area contributed by atoms with Gasteiger partial charge in [-0.15, -0.1) is 0 Å². The number of nitrogens with one attached hydrogen (secondary N) is 2. The second-order valence-electron chi connectivity index (χ2n) is 10.5. The van der Waals surface area contributed by atoms with E-state index >= 15 is 0 Å². The Morgan fingerprint density at radius 2 is 1.91 bits per heavy atom. The van der Waals surface area contributed by atoms with E-state index in [1.54, 1.807) is 19.3 Å². The zero-order chi connectivity index (χ0) is 23.7. The van der Waals surface area contributed by atoms with E-state index in [2.05, 4.69) is 27.6 Å². The van der Waals surface area contributed by atoms with Gasteiger partial charge in [-0.25, -0.2) is 4.98 Å². The van der Waals surface area contributed by atoms with Gasteiger partial charge in [-0.3, -0.25) is 14.3 Å². The second-order valence-corrected chi connectivity index (χ2v) is 10.5. The van der Waals surface area contributed by atoms with Crippen LogP contribution in [0.2, 0.25) is 0 Å². The lowest BCUT2D eigenvalue weighted by molar-refractivity contribution is -0.121. The summed E-state index contributed by atoms with van der Waals surface area (Å²) < 4.78 is 7.00. The van der Waals surface area contributed by atoms with Gasteiger partial charge in [0.15, 0.2) is 0 Å². The molecule has 1 unspecified atom stereocenters. The lowest BCUT2D eigenvalue weighted by Crippen LogP contribution is -2.54. The van der Waals surface area contributed by atoms with Crippen molar-refractivity contribution in [1.29, 1.82) is 0 Å². The van der Waals surface area contributed by atoms with E-state index in [9.17, 15) is 9.59 Å². The molecule has 2 aromatic heterocycles. The molecule has 1 aliphatic heterocycles. The fraction of sp³-hybridized carbons (Fsp3) is 0.615. The summed E-state index contributed by atoms with van der Waals surface area (Å²) >= 11 is 0. The highest BCUT2D eigenvalue weighted by atomic mass is 16.5. The number of rotatable bonds is 8. The molecule has 8 heteroatoms. The van der Waals surface area contributed by atoms with Gasteiger partial charge in [0.05, 0.1) is 0 Å². The Morgan fingerprint density at radius 1 is 1.15 bits per heavy atom. The molecule has 2 N–H and O–H groups in total. The molecule has 182 valence electrons. The first kappa shape index (κ1) is 23.0. The summed E-state index contributed by atoms with van der Waals surface area (Å²) in [6.07, 6.45) is 11.1. The van der Waals surface area contributed by atoms with E-state index in [-0.39, 0.29) is 23.1 Å². The van der Waals surface area contributed by atoms with Gasteiger partial charge in [0.1, 0.15) is 17.6 Å². The van der Waals surface area contributed by atoms with E-state index in [4.69, 9.17) is 4.74 Å². The van der Waals surface area contributed by atoms with Crippen LogP contribution in [-0.4, -0.2) is 45.8 Å². The third kappa shape index (κ3) is 4.73. The molecule has 2 aliphatic carbocycles. The molecule has 2 amide bonds. The first-order valence-electron chi connectivity index (χ1n) is 12.6.